The van der Waals surface area contributed by atoms with Gasteiger partial charge < -0.3 is 11.1 Å². The van der Waals surface area contributed by atoms with Crippen LogP contribution in [0.4, 0.5) is 20.2 Å². The molecule has 106 valence electrons. The van der Waals surface area contributed by atoms with E-state index in [0.29, 0.717) is 5.56 Å². The second-order valence-corrected chi connectivity index (χ2v) is 4.52. The first-order chi connectivity index (χ1) is 9.92. The maximum Gasteiger partial charge on any atom is 0.258 e. The number of rotatable bonds is 2. The van der Waals surface area contributed by atoms with Crippen LogP contribution in [-0.2, 0) is 0 Å². The summed E-state index contributed by atoms with van der Waals surface area (Å²) in [6.07, 6.45) is 0. The van der Waals surface area contributed by atoms with E-state index in [1.807, 2.05) is 6.07 Å². The summed E-state index contributed by atoms with van der Waals surface area (Å²) >= 11 is 5.88. The summed E-state index contributed by atoms with van der Waals surface area (Å²) in [4.78, 5) is 11.9. The molecule has 0 unspecified atom stereocenters. The van der Waals surface area contributed by atoms with Gasteiger partial charge in [0.15, 0.2) is 5.82 Å². The van der Waals surface area contributed by atoms with Crippen molar-refractivity contribution in [2.75, 3.05) is 11.1 Å². The molecule has 0 heterocycles. The topological polar surface area (TPSA) is 78.9 Å². The Morgan fingerprint density at radius 3 is 2.62 bits per heavy atom. The molecule has 0 saturated carbocycles. The predicted octanol–water partition coefficient (Wildman–Crippen LogP) is 3.32. The summed E-state index contributed by atoms with van der Waals surface area (Å²) in [5, 5.41) is 11.1. The summed E-state index contributed by atoms with van der Waals surface area (Å²) < 4.78 is 26.9. The Balaban J connectivity index is 2.33. The van der Waals surface area contributed by atoms with E-state index in [2.05, 4.69) is 5.32 Å². The van der Waals surface area contributed by atoms with Crippen molar-refractivity contribution in [2.24, 2.45) is 0 Å². The number of nitrogens with two attached hydrogens (primary N) is 1. The van der Waals surface area contributed by atoms with Crippen LogP contribution >= 0.6 is 11.6 Å². The van der Waals surface area contributed by atoms with E-state index >= 15 is 0 Å². The highest BCUT2D eigenvalue weighted by molar-refractivity contribution is 6.34. The van der Waals surface area contributed by atoms with Crippen molar-refractivity contribution in [2.45, 2.75) is 0 Å². The fourth-order valence-electron chi connectivity index (χ4n) is 1.65. The number of nitriles is 1. The average Bonchev–Trinajstić information content (AvgIpc) is 2.44. The second-order valence-electron chi connectivity index (χ2n) is 4.12. The molecule has 0 aliphatic carbocycles. The lowest BCUT2D eigenvalue weighted by atomic mass is 10.1. The van der Waals surface area contributed by atoms with Crippen LogP contribution in [-0.4, -0.2) is 5.91 Å². The van der Waals surface area contributed by atoms with Crippen LogP contribution in [0.1, 0.15) is 15.9 Å². The van der Waals surface area contributed by atoms with E-state index in [1.165, 1.54) is 18.2 Å². The van der Waals surface area contributed by atoms with Crippen LogP contribution in [0.5, 0.6) is 0 Å². The van der Waals surface area contributed by atoms with Gasteiger partial charge >= 0.3 is 0 Å². The minimum Gasteiger partial charge on any atom is -0.396 e. The molecule has 0 saturated heterocycles. The molecule has 0 fully saturated rings. The molecule has 2 aromatic carbocycles. The van der Waals surface area contributed by atoms with Crippen molar-refractivity contribution in [3.63, 3.8) is 0 Å². The normalized spacial score (nSPS) is 10.0. The molecule has 2 rings (SSSR count). The molecule has 4 nitrogen and oxygen atoms in total. The van der Waals surface area contributed by atoms with Crippen molar-refractivity contribution in [1.82, 2.24) is 0 Å². The lowest BCUT2D eigenvalue weighted by Crippen LogP contribution is -2.15. The Kier molecular flexibility index (Phi) is 4.05. The molecule has 0 atom stereocenters. The number of carbonyl (C=O) groups excluding carboxylic acids is 1. The Bertz CT molecular complexity index is 772. The molecular weight excluding hydrogens is 300 g/mol. The minimum absolute atomic E-state index is 0.104. The quantitative estimate of drug-likeness (QED) is 0.835. The maximum atomic E-state index is 13.7. The molecule has 0 aliphatic heterocycles. The fourth-order valence-corrected chi connectivity index (χ4v) is 1.88. The number of nitrogen functional groups attached to an aromatic ring is 1. The van der Waals surface area contributed by atoms with Gasteiger partial charge in [0.25, 0.3) is 5.91 Å². The molecule has 0 aliphatic rings. The van der Waals surface area contributed by atoms with Gasteiger partial charge in [-0.1, -0.05) is 11.6 Å². The first-order valence-corrected chi connectivity index (χ1v) is 6.05. The van der Waals surface area contributed by atoms with Gasteiger partial charge in [-0.15, -0.1) is 0 Å². The van der Waals surface area contributed by atoms with Crippen molar-refractivity contribution < 1.29 is 13.6 Å². The minimum atomic E-state index is -1.02. The maximum absolute atomic E-state index is 13.7. The largest absolute Gasteiger partial charge is 0.396 e. The van der Waals surface area contributed by atoms with E-state index in [4.69, 9.17) is 22.6 Å². The number of benzene rings is 2. The Morgan fingerprint density at radius 2 is 2.00 bits per heavy atom. The highest BCUT2D eigenvalue weighted by Crippen LogP contribution is 2.24. The SMILES string of the molecule is N#Cc1ccc(NC(=O)c2cc(F)cc(N)c2F)c(Cl)c1. The third kappa shape index (κ3) is 3.09. The van der Waals surface area contributed by atoms with E-state index in [9.17, 15) is 13.6 Å². The van der Waals surface area contributed by atoms with E-state index in [0.717, 1.165) is 12.1 Å². The van der Waals surface area contributed by atoms with E-state index in [-0.39, 0.29) is 10.7 Å². The lowest BCUT2D eigenvalue weighted by molar-refractivity contribution is 0.102. The van der Waals surface area contributed by atoms with Gasteiger partial charge in [-0.25, -0.2) is 8.78 Å². The molecule has 0 radical (unpaired) electrons. The third-order valence-electron chi connectivity index (χ3n) is 2.66. The van der Waals surface area contributed by atoms with Crippen molar-refractivity contribution >= 4 is 28.9 Å². The number of nitrogens with zero attached hydrogens (tertiary/aromatic N) is 1. The van der Waals surface area contributed by atoms with Gasteiger partial charge in [-0.2, -0.15) is 5.26 Å². The number of hydrogen-bond donors (Lipinski definition) is 2. The van der Waals surface area contributed by atoms with Crippen molar-refractivity contribution in [3.05, 3.63) is 58.1 Å². The molecule has 1 amide bonds. The average molecular weight is 308 g/mol. The first kappa shape index (κ1) is 14.8. The van der Waals surface area contributed by atoms with Crippen LogP contribution in [0.2, 0.25) is 5.02 Å². The zero-order chi connectivity index (χ0) is 15.6. The van der Waals surface area contributed by atoms with Gasteiger partial charge in [0.1, 0.15) is 5.82 Å². The van der Waals surface area contributed by atoms with E-state index < -0.39 is 28.8 Å². The number of halogens is 3. The highest BCUT2D eigenvalue weighted by atomic mass is 35.5. The highest BCUT2D eigenvalue weighted by Gasteiger charge is 2.17. The van der Waals surface area contributed by atoms with Crippen LogP contribution in [0, 0.1) is 23.0 Å². The molecular formula is C14H8ClF2N3O. The molecule has 21 heavy (non-hydrogen) atoms. The van der Waals surface area contributed by atoms with Gasteiger partial charge in [0.2, 0.25) is 0 Å². The van der Waals surface area contributed by atoms with Gasteiger partial charge in [0.05, 0.1) is 33.6 Å². The first-order valence-electron chi connectivity index (χ1n) is 5.68. The Morgan fingerprint density at radius 1 is 1.29 bits per heavy atom. The summed E-state index contributed by atoms with van der Waals surface area (Å²) in [6, 6.07) is 7.55. The van der Waals surface area contributed by atoms with Crippen molar-refractivity contribution in [1.29, 1.82) is 5.26 Å². The number of amides is 1. The van der Waals surface area contributed by atoms with Gasteiger partial charge in [-0.05, 0) is 30.3 Å². The van der Waals surface area contributed by atoms with Crippen LogP contribution in [0.3, 0.4) is 0 Å². The number of hydrogen-bond acceptors (Lipinski definition) is 3. The molecule has 2 aromatic rings. The van der Waals surface area contributed by atoms with Crippen molar-refractivity contribution in [3.8, 4) is 6.07 Å². The lowest BCUT2D eigenvalue weighted by Gasteiger charge is -2.09. The number of anilines is 2. The molecule has 0 spiro atoms. The number of nitrogens with one attached hydrogen (secondary N) is 1. The molecule has 7 heteroatoms. The standard InChI is InChI=1S/C14H8ClF2N3O/c15-10-3-7(6-18)1-2-12(10)20-14(21)9-4-8(16)5-11(19)13(9)17/h1-5H,19H2,(H,20,21). The predicted molar refractivity (Wildman–Crippen MR) is 74.9 cm³/mol. The van der Waals surface area contributed by atoms with Crippen LogP contribution in [0.15, 0.2) is 30.3 Å². The fraction of sp³-hybridized carbons (Fsp3) is 0. The zero-order valence-corrected chi connectivity index (χ0v) is 11.2. The molecule has 0 aromatic heterocycles. The summed E-state index contributed by atoms with van der Waals surface area (Å²) in [7, 11) is 0. The van der Waals surface area contributed by atoms with E-state index in [1.54, 1.807) is 0 Å². The summed E-state index contributed by atoms with van der Waals surface area (Å²) in [5.41, 5.74) is 4.74. The smallest absolute Gasteiger partial charge is 0.258 e. The summed E-state index contributed by atoms with van der Waals surface area (Å²) in [5.74, 6) is -2.74. The van der Waals surface area contributed by atoms with Crippen LogP contribution < -0.4 is 11.1 Å². The van der Waals surface area contributed by atoms with Crippen LogP contribution in [0.25, 0.3) is 0 Å². The molecule has 0 bridgehead atoms. The van der Waals surface area contributed by atoms with Gasteiger partial charge in [-0.3, -0.25) is 4.79 Å². The monoisotopic (exact) mass is 307 g/mol. The third-order valence-corrected chi connectivity index (χ3v) is 2.97. The molecule has 3 N–H and O–H groups in total. The Labute approximate surface area is 123 Å². The second kappa shape index (κ2) is 5.77. The summed E-state index contributed by atoms with van der Waals surface area (Å²) in [6.45, 7) is 0. The zero-order valence-electron chi connectivity index (χ0n) is 10.5. The Hall–Kier alpha value is -2.65. The number of carbonyl (C=O) groups is 1. The van der Waals surface area contributed by atoms with Gasteiger partial charge in [0, 0.05) is 0 Å².